The number of carbonyl (C=O) groups is 4. The molecule has 1 aliphatic heterocycles. The van der Waals surface area contributed by atoms with Crippen molar-refractivity contribution in [1.29, 1.82) is 0 Å². The molecule has 0 N–H and O–H groups in total. The fraction of sp³-hybridized carbons (Fsp3) is 0.526. The Labute approximate surface area is 172 Å². The van der Waals surface area contributed by atoms with E-state index < -0.39 is 54.6 Å². The number of aromatic nitrogens is 1. The van der Waals surface area contributed by atoms with Crippen LogP contribution in [0.1, 0.15) is 27.7 Å². The largest absolute Gasteiger partial charge is 0.463 e. The average Bonchev–Trinajstić information content (AvgIpc) is 2.64. The van der Waals surface area contributed by atoms with Crippen molar-refractivity contribution < 1.29 is 47.6 Å². The van der Waals surface area contributed by atoms with E-state index in [4.69, 9.17) is 28.4 Å². The van der Waals surface area contributed by atoms with Crippen LogP contribution in [0.5, 0.6) is 5.88 Å². The number of hydrogen-bond acceptors (Lipinski definition) is 11. The van der Waals surface area contributed by atoms with Crippen LogP contribution in [-0.4, -0.2) is 66.2 Å². The summed E-state index contributed by atoms with van der Waals surface area (Å²) in [5.74, 6) is -2.61. The molecule has 30 heavy (non-hydrogen) atoms. The van der Waals surface area contributed by atoms with E-state index in [9.17, 15) is 19.2 Å². The van der Waals surface area contributed by atoms with Crippen LogP contribution in [0.3, 0.4) is 0 Å². The van der Waals surface area contributed by atoms with Gasteiger partial charge in [-0.3, -0.25) is 19.2 Å². The average molecular weight is 425 g/mol. The lowest BCUT2D eigenvalue weighted by molar-refractivity contribution is -0.289. The second kappa shape index (κ2) is 10.5. The van der Waals surface area contributed by atoms with E-state index in [1.165, 1.54) is 19.2 Å². The molecule has 1 aromatic rings. The lowest BCUT2D eigenvalue weighted by atomic mass is 9.98. The smallest absolute Gasteiger partial charge is 0.303 e. The number of esters is 4. The molecule has 0 unspecified atom stereocenters. The molecular formula is C19H23NO10. The first-order valence-corrected chi connectivity index (χ1v) is 9.05. The number of rotatable bonds is 7. The van der Waals surface area contributed by atoms with E-state index in [0.29, 0.717) is 0 Å². The Morgan fingerprint density at radius 1 is 0.867 bits per heavy atom. The molecule has 11 nitrogen and oxygen atoms in total. The molecule has 0 aromatic carbocycles. The molecule has 0 bridgehead atoms. The zero-order chi connectivity index (χ0) is 22.3. The first-order chi connectivity index (χ1) is 14.2. The van der Waals surface area contributed by atoms with Crippen LogP contribution in [-0.2, 0) is 42.9 Å². The number of nitrogens with zero attached hydrogens (tertiary/aromatic N) is 1. The van der Waals surface area contributed by atoms with Crippen LogP contribution >= 0.6 is 0 Å². The molecule has 0 radical (unpaired) electrons. The molecule has 164 valence electrons. The topological polar surface area (TPSA) is 137 Å². The Hall–Kier alpha value is -3.21. The summed E-state index contributed by atoms with van der Waals surface area (Å²) in [6, 6.07) is 4.86. The molecule has 1 fully saturated rings. The molecule has 11 heteroatoms. The molecule has 1 aliphatic rings. The Balaban J connectivity index is 2.42. The molecule has 0 amide bonds. The third-order valence-electron chi connectivity index (χ3n) is 3.82. The summed E-state index contributed by atoms with van der Waals surface area (Å²) in [5, 5.41) is 0. The Morgan fingerprint density at radius 3 is 2.00 bits per heavy atom. The van der Waals surface area contributed by atoms with E-state index in [-0.39, 0.29) is 12.5 Å². The minimum atomic E-state index is -1.31. The van der Waals surface area contributed by atoms with Crippen LogP contribution in [0.15, 0.2) is 24.4 Å². The van der Waals surface area contributed by atoms with Crippen molar-refractivity contribution in [2.24, 2.45) is 0 Å². The Morgan fingerprint density at radius 2 is 1.47 bits per heavy atom. The highest BCUT2D eigenvalue weighted by Crippen LogP contribution is 2.30. The zero-order valence-corrected chi connectivity index (χ0v) is 16.9. The molecule has 0 saturated carbocycles. The first kappa shape index (κ1) is 23.1. The fourth-order valence-electron chi connectivity index (χ4n) is 2.82. The van der Waals surface area contributed by atoms with Crippen LogP contribution in [0.4, 0.5) is 0 Å². The fourth-order valence-corrected chi connectivity index (χ4v) is 2.82. The third-order valence-corrected chi connectivity index (χ3v) is 3.82. The summed E-state index contributed by atoms with van der Waals surface area (Å²) < 4.78 is 32.3. The van der Waals surface area contributed by atoms with E-state index in [0.717, 1.165) is 20.8 Å². The van der Waals surface area contributed by atoms with Gasteiger partial charge in [0, 0.05) is 40.0 Å². The lowest BCUT2D eigenvalue weighted by Gasteiger charge is -2.43. The maximum Gasteiger partial charge on any atom is 0.303 e. The number of ether oxygens (including phenoxy) is 6. The van der Waals surface area contributed by atoms with Gasteiger partial charge >= 0.3 is 23.9 Å². The van der Waals surface area contributed by atoms with Gasteiger partial charge in [-0.2, -0.15) is 0 Å². The first-order valence-electron chi connectivity index (χ1n) is 9.05. The number of hydrogen-bond donors (Lipinski definition) is 0. The maximum atomic E-state index is 11.7. The van der Waals surface area contributed by atoms with Gasteiger partial charge in [0.05, 0.1) is 0 Å². The van der Waals surface area contributed by atoms with Gasteiger partial charge < -0.3 is 28.4 Å². The molecular weight excluding hydrogens is 402 g/mol. The Kier molecular flexibility index (Phi) is 8.10. The van der Waals surface area contributed by atoms with Gasteiger partial charge in [-0.15, -0.1) is 0 Å². The van der Waals surface area contributed by atoms with Gasteiger partial charge in [-0.25, -0.2) is 4.98 Å². The second-order valence-electron chi connectivity index (χ2n) is 6.35. The van der Waals surface area contributed by atoms with Gasteiger partial charge in [-0.05, 0) is 6.07 Å². The second-order valence-corrected chi connectivity index (χ2v) is 6.35. The zero-order valence-electron chi connectivity index (χ0n) is 16.9. The van der Waals surface area contributed by atoms with Gasteiger partial charge in [-0.1, -0.05) is 6.07 Å². The minimum absolute atomic E-state index is 0.137. The van der Waals surface area contributed by atoms with Crippen LogP contribution in [0.25, 0.3) is 0 Å². The van der Waals surface area contributed by atoms with E-state index in [1.54, 1.807) is 12.1 Å². The van der Waals surface area contributed by atoms with Crippen molar-refractivity contribution >= 4 is 23.9 Å². The summed E-state index contributed by atoms with van der Waals surface area (Å²) in [4.78, 5) is 50.4. The van der Waals surface area contributed by atoms with Crippen molar-refractivity contribution in [2.45, 2.75) is 58.4 Å². The van der Waals surface area contributed by atoms with Gasteiger partial charge in [0.1, 0.15) is 12.7 Å². The van der Waals surface area contributed by atoms with Gasteiger partial charge in [0.15, 0.2) is 12.2 Å². The quantitative estimate of drug-likeness (QED) is 0.447. The van der Waals surface area contributed by atoms with Gasteiger partial charge in [0.25, 0.3) is 0 Å². The van der Waals surface area contributed by atoms with Gasteiger partial charge in [0.2, 0.25) is 18.3 Å². The Bertz CT molecular complexity index is 768. The highest BCUT2D eigenvalue weighted by Gasteiger charge is 2.53. The molecule has 2 heterocycles. The van der Waals surface area contributed by atoms with Crippen molar-refractivity contribution in [3.63, 3.8) is 0 Å². The number of carbonyl (C=O) groups excluding carboxylic acids is 4. The molecule has 1 aromatic heterocycles. The van der Waals surface area contributed by atoms with Crippen molar-refractivity contribution in [3.05, 3.63) is 24.4 Å². The van der Waals surface area contributed by atoms with E-state index in [2.05, 4.69) is 4.98 Å². The SMILES string of the molecule is CC(=O)OC[C@@H]1O[C@H](Oc2ccccn2)[C@@H](OC(C)=O)[C@H](OC(C)=O)[C@H]1OC(C)=O. The predicted molar refractivity (Wildman–Crippen MR) is 96.8 cm³/mol. The normalized spacial score (nSPS) is 25.5. The van der Waals surface area contributed by atoms with Crippen molar-refractivity contribution in [1.82, 2.24) is 4.98 Å². The number of pyridine rings is 1. The van der Waals surface area contributed by atoms with Crippen LogP contribution in [0, 0.1) is 0 Å². The summed E-state index contributed by atoms with van der Waals surface area (Å²) in [6.45, 7) is 4.29. The van der Waals surface area contributed by atoms with Crippen molar-refractivity contribution in [3.8, 4) is 5.88 Å². The third kappa shape index (κ3) is 6.69. The monoisotopic (exact) mass is 425 g/mol. The molecule has 5 atom stereocenters. The van der Waals surface area contributed by atoms with Crippen molar-refractivity contribution in [2.75, 3.05) is 6.61 Å². The highest BCUT2D eigenvalue weighted by molar-refractivity contribution is 5.68. The summed E-state index contributed by atoms with van der Waals surface area (Å²) in [7, 11) is 0. The van der Waals surface area contributed by atoms with E-state index in [1.807, 2.05) is 0 Å². The summed E-state index contributed by atoms with van der Waals surface area (Å²) in [5.41, 5.74) is 0. The molecule has 0 spiro atoms. The summed E-state index contributed by atoms with van der Waals surface area (Å²) >= 11 is 0. The van der Waals surface area contributed by atoms with Crippen LogP contribution < -0.4 is 4.74 Å². The molecule has 2 rings (SSSR count). The maximum absolute atomic E-state index is 11.7. The van der Waals surface area contributed by atoms with E-state index >= 15 is 0 Å². The standard InChI is InChI=1S/C19H23NO10/c1-10(21)25-9-14-16(26-11(2)22)17(27-12(3)23)18(28-13(4)24)19(29-14)30-15-7-5-6-8-20-15/h5-8,14,16-19H,9H2,1-4H3/t14-,16-,17+,18-,19+/m0/s1. The summed E-state index contributed by atoms with van der Waals surface area (Å²) in [6.07, 6.45) is -4.74. The van der Waals surface area contributed by atoms with Crippen LogP contribution in [0.2, 0.25) is 0 Å². The molecule has 1 saturated heterocycles. The highest BCUT2D eigenvalue weighted by atomic mass is 16.7. The molecule has 0 aliphatic carbocycles. The predicted octanol–water partition coefficient (Wildman–Crippen LogP) is 0.543. The lowest BCUT2D eigenvalue weighted by Crippen LogP contribution is -2.63. The minimum Gasteiger partial charge on any atom is -0.463 e.